The number of aryl methyl sites for hydroxylation is 1. The molecule has 0 atom stereocenters. The summed E-state index contributed by atoms with van der Waals surface area (Å²) >= 11 is 6.04. The van der Waals surface area contributed by atoms with Gasteiger partial charge in [-0.3, -0.25) is 4.68 Å². The van der Waals surface area contributed by atoms with E-state index in [2.05, 4.69) is 9.84 Å². The van der Waals surface area contributed by atoms with Crippen molar-refractivity contribution in [2.75, 3.05) is 7.11 Å². The Labute approximate surface area is 123 Å². The molecule has 2 rings (SSSR count). The van der Waals surface area contributed by atoms with E-state index in [0.717, 1.165) is 12.1 Å². The van der Waals surface area contributed by atoms with Crippen LogP contribution in [0.1, 0.15) is 16.1 Å². The molecule has 0 bridgehead atoms. The highest BCUT2D eigenvalue weighted by Gasteiger charge is 2.31. The number of halogens is 4. The third-order valence-electron chi connectivity index (χ3n) is 2.83. The number of methoxy groups -OCH3 is 1. The third-order valence-corrected chi connectivity index (χ3v) is 3.19. The summed E-state index contributed by atoms with van der Waals surface area (Å²) in [5.74, 6) is -0.715. The van der Waals surface area contributed by atoms with E-state index in [1.165, 1.54) is 31.0 Å². The van der Waals surface area contributed by atoms with Gasteiger partial charge in [0, 0.05) is 12.6 Å². The van der Waals surface area contributed by atoms with Gasteiger partial charge in [0.2, 0.25) is 0 Å². The van der Waals surface area contributed by atoms with Crippen molar-refractivity contribution >= 4 is 17.6 Å². The lowest BCUT2D eigenvalue weighted by Crippen LogP contribution is -2.08. The molecule has 0 unspecified atom stereocenters. The number of rotatable bonds is 2. The summed E-state index contributed by atoms with van der Waals surface area (Å²) < 4.78 is 43.9. The van der Waals surface area contributed by atoms with E-state index in [-0.39, 0.29) is 22.0 Å². The summed E-state index contributed by atoms with van der Waals surface area (Å²) in [6.07, 6.45) is -4.47. The first-order chi connectivity index (χ1) is 9.75. The van der Waals surface area contributed by atoms with Gasteiger partial charge in [0.25, 0.3) is 0 Å². The standard InChI is InChI=1S/C13H10ClF3N2O2/c1-19-11(12(20)21-2)9(14)10(18-19)7-4-3-5-8(6-7)13(15,16)17/h3-6H,1-2H3. The number of alkyl halides is 3. The highest BCUT2D eigenvalue weighted by Crippen LogP contribution is 2.35. The smallest absolute Gasteiger partial charge is 0.416 e. The first kappa shape index (κ1) is 15.4. The number of ether oxygens (including phenoxy) is 1. The van der Waals surface area contributed by atoms with Crippen LogP contribution in [-0.4, -0.2) is 22.9 Å². The van der Waals surface area contributed by atoms with Gasteiger partial charge in [-0.15, -0.1) is 0 Å². The van der Waals surface area contributed by atoms with E-state index in [9.17, 15) is 18.0 Å². The van der Waals surface area contributed by atoms with Crippen LogP contribution >= 0.6 is 11.6 Å². The van der Waals surface area contributed by atoms with Crippen molar-refractivity contribution in [3.05, 3.63) is 40.5 Å². The van der Waals surface area contributed by atoms with Crippen molar-refractivity contribution in [3.8, 4) is 11.3 Å². The van der Waals surface area contributed by atoms with Gasteiger partial charge in [0.05, 0.1) is 12.7 Å². The molecule has 0 saturated heterocycles. The fraction of sp³-hybridized carbons (Fsp3) is 0.231. The minimum atomic E-state index is -4.47. The van der Waals surface area contributed by atoms with E-state index >= 15 is 0 Å². The molecule has 0 radical (unpaired) electrons. The Morgan fingerprint density at radius 2 is 2.05 bits per heavy atom. The number of hydrogen-bond donors (Lipinski definition) is 0. The molecule has 0 aliphatic rings. The van der Waals surface area contributed by atoms with E-state index < -0.39 is 17.7 Å². The maximum absolute atomic E-state index is 12.7. The minimum Gasteiger partial charge on any atom is -0.464 e. The number of nitrogens with zero attached hydrogens (tertiary/aromatic N) is 2. The number of carbonyl (C=O) groups is 1. The largest absolute Gasteiger partial charge is 0.464 e. The van der Waals surface area contributed by atoms with Gasteiger partial charge in [0.1, 0.15) is 10.7 Å². The Morgan fingerprint density at radius 3 is 2.62 bits per heavy atom. The lowest BCUT2D eigenvalue weighted by Gasteiger charge is -2.07. The van der Waals surface area contributed by atoms with Gasteiger partial charge in [-0.05, 0) is 12.1 Å². The molecule has 1 aromatic carbocycles. The highest BCUT2D eigenvalue weighted by molar-refractivity contribution is 6.35. The van der Waals surface area contributed by atoms with Crippen molar-refractivity contribution in [1.82, 2.24) is 9.78 Å². The van der Waals surface area contributed by atoms with Crippen LogP contribution in [0.3, 0.4) is 0 Å². The second-order valence-electron chi connectivity index (χ2n) is 4.20. The maximum Gasteiger partial charge on any atom is 0.416 e. The zero-order valence-corrected chi connectivity index (χ0v) is 11.8. The minimum absolute atomic E-state index is 0.0217. The zero-order valence-electron chi connectivity index (χ0n) is 11.0. The van der Waals surface area contributed by atoms with Crippen LogP contribution < -0.4 is 0 Å². The van der Waals surface area contributed by atoms with Crippen LogP contribution in [0.25, 0.3) is 11.3 Å². The molecule has 0 fully saturated rings. The summed E-state index contributed by atoms with van der Waals surface area (Å²) in [6, 6.07) is 4.56. The average Bonchev–Trinajstić information content (AvgIpc) is 2.72. The van der Waals surface area contributed by atoms with Crippen molar-refractivity contribution in [2.24, 2.45) is 7.05 Å². The van der Waals surface area contributed by atoms with Crippen molar-refractivity contribution in [3.63, 3.8) is 0 Å². The lowest BCUT2D eigenvalue weighted by molar-refractivity contribution is -0.137. The number of hydrogen-bond acceptors (Lipinski definition) is 3. The molecule has 4 nitrogen and oxygen atoms in total. The molecule has 21 heavy (non-hydrogen) atoms. The van der Waals surface area contributed by atoms with Crippen LogP contribution in [-0.2, 0) is 18.0 Å². The third kappa shape index (κ3) is 2.87. The molecule has 0 saturated carbocycles. The average molecular weight is 319 g/mol. The number of aromatic nitrogens is 2. The Morgan fingerprint density at radius 1 is 1.38 bits per heavy atom. The molecule has 112 valence electrons. The van der Waals surface area contributed by atoms with Crippen LogP contribution in [0, 0.1) is 0 Å². The van der Waals surface area contributed by atoms with Gasteiger partial charge in [0.15, 0.2) is 5.69 Å². The zero-order chi connectivity index (χ0) is 15.8. The van der Waals surface area contributed by atoms with Crippen molar-refractivity contribution in [1.29, 1.82) is 0 Å². The van der Waals surface area contributed by atoms with Gasteiger partial charge < -0.3 is 4.74 Å². The topological polar surface area (TPSA) is 44.1 Å². The van der Waals surface area contributed by atoms with Crippen LogP contribution in [0.4, 0.5) is 13.2 Å². The van der Waals surface area contributed by atoms with Crippen LogP contribution in [0.2, 0.25) is 5.02 Å². The molecule has 0 spiro atoms. The Hall–Kier alpha value is -2.02. The monoisotopic (exact) mass is 318 g/mol. The SMILES string of the molecule is COC(=O)c1c(Cl)c(-c2cccc(C(F)(F)F)c2)nn1C. The first-order valence-electron chi connectivity index (χ1n) is 5.74. The van der Waals surface area contributed by atoms with Crippen LogP contribution in [0.5, 0.6) is 0 Å². The second-order valence-corrected chi connectivity index (χ2v) is 4.58. The summed E-state index contributed by atoms with van der Waals surface area (Å²) in [4.78, 5) is 11.6. The van der Waals surface area contributed by atoms with Gasteiger partial charge >= 0.3 is 12.1 Å². The molecular weight excluding hydrogens is 309 g/mol. The Bertz CT molecular complexity index is 695. The Balaban J connectivity index is 2.56. The quantitative estimate of drug-likeness (QED) is 0.795. The van der Waals surface area contributed by atoms with Crippen molar-refractivity contribution in [2.45, 2.75) is 6.18 Å². The van der Waals surface area contributed by atoms with Crippen molar-refractivity contribution < 1.29 is 22.7 Å². The lowest BCUT2D eigenvalue weighted by atomic mass is 10.1. The normalized spacial score (nSPS) is 11.5. The summed E-state index contributed by atoms with van der Waals surface area (Å²) in [6.45, 7) is 0. The number of benzene rings is 1. The van der Waals surface area contributed by atoms with E-state index in [4.69, 9.17) is 11.6 Å². The predicted octanol–water partition coefficient (Wildman–Crippen LogP) is 3.55. The number of carbonyl (C=O) groups excluding carboxylic acids is 1. The van der Waals surface area contributed by atoms with E-state index in [1.807, 2.05) is 0 Å². The van der Waals surface area contributed by atoms with Gasteiger partial charge in [-0.2, -0.15) is 18.3 Å². The molecule has 0 aliphatic carbocycles. The van der Waals surface area contributed by atoms with Gasteiger partial charge in [-0.25, -0.2) is 4.79 Å². The van der Waals surface area contributed by atoms with Gasteiger partial charge in [-0.1, -0.05) is 23.7 Å². The summed E-state index contributed by atoms with van der Waals surface area (Å²) in [7, 11) is 2.63. The highest BCUT2D eigenvalue weighted by atomic mass is 35.5. The first-order valence-corrected chi connectivity index (χ1v) is 6.12. The second kappa shape index (κ2) is 5.40. The maximum atomic E-state index is 12.7. The molecule has 1 heterocycles. The molecular formula is C13H10ClF3N2O2. The molecule has 1 aromatic heterocycles. The van der Waals surface area contributed by atoms with E-state index in [1.54, 1.807) is 0 Å². The number of esters is 1. The summed E-state index contributed by atoms with van der Waals surface area (Å²) in [5.41, 5.74) is -0.584. The van der Waals surface area contributed by atoms with Crippen LogP contribution in [0.15, 0.2) is 24.3 Å². The molecule has 0 aliphatic heterocycles. The fourth-order valence-electron chi connectivity index (χ4n) is 1.84. The molecule has 0 N–H and O–H groups in total. The Kier molecular flexibility index (Phi) is 3.95. The van der Waals surface area contributed by atoms with E-state index in [0.29, 0.717) is 0 Å². The summed E-state index contributed by atoms with van der Waals surface area (Å²) in [5, 5.41) is 3.94. The predicted molar refractivity (Wildman–Crippen MR) is 70.0 cm³/mol. The molecule has 0 amide bonds. The fourth-order valence-corrected chi connectivity index (χ4v) is 2.19. The molecule has 2 aromatic rings. The molecule has 8 heteroatoms.